The molecule has 190 valence electrons. The van der Waals surface area contributed by atoms with Crippen molar-refractivity contribution in [2.75, 3.05) is 13.1 Å². The molecule has 0 unspecified atom stereocenters. The van der Waals surface area contributed by atoms with Gasteiger partial charge in [0.15, 0.2) is 5.65 Å². The molecule has 1 amide bonds. The van der Waals surface area contributed by atoms with E-state index in [2.05, 4.69) is 10.1 Å². The number of aliphatic hydroxyl groups is 1. The fourth-order valence-electron chi connectivity index (χ4n) is 4.67. The van der Waals surface area contributed by atoms with Crippen molar-refractivity contribution in [2.24, 2.45) is 0 Å². The molecule has 4 aromatic rings. The Labute approximate surface area is 211 Å². The predicted molar refractivity (Wildman–Crippen MR) is 133 cm³/mol. The van der Waals surface area contributed by atoms with E-state index in [0.29, 0.717) is 54.3 Å². The highest BCUT2D eigenvalue weighted by Gasteiger charge is 2.35. The lowest BCUT2D eigenvalue weighted by atomic mass is 9.91. The molecule has 1 saturated carbocycles. The van der Waals surface area contributed by atoms with Crippen molar-refractivity contribution in [2.45, 2.75) is 43.9 Å². The summed E-state index contributed by atoms with van der Waals surface area (Å²) >= 11 is 0. The van der Waals surface area contributed by atoms with Gasteiger partial charge in [-0.15, -0.1) is 0 Å². The van der Waals surface area contributed by atoms with Gasteiger partial charge in [0.1, 0.15) is 23.3 Å². The Kier molecular flexibility index (Phi) is 5.75. The first-order valence-corrected chi connectivity index (χ1v) is 12.4. The van der Waals surface area contributed by atoms with E-state index in [0.717, 1.165) is 18.6 Å². The fraction of sp³-hybridized carbons (Fsp3) is 0.333. The van der Waals surface area contributed by atoms with Gasteiger partial charge in [0.2, 0.25) is 0 Å². The van der Waals surface area contributed by atoms with Gasteiger partial charge in [0, 0.05) is 18.7 Å². The van der Waals surface area contributed by atoms with Crippen LogP contribution < -0.4 is 10.3 Å². The number of nitrogens with zero attached hydrogens (tertiary/aromatic N) is 5. The number of carbonyl (C=O) groups excluding carboxylic acids is 1. The van der Waals surface area contributed by atoms with Crippen molar-refractivity contribution in [1.29, 1.82) is 0 Å². The molecule has 2 aromatic carbocycles. The highest BCUT2D eigenvalue weighted by atomic mass is 19.1. The number of benzene rings is 2. The number of hydrogen-bond acceptors (Lipinski definition) is 6. The number of carbonyl (C=O) groups is 1. The number of ether oxygens (including phenoxy) is 1. The number of likely N-dealkylation sites (tertiary alicyclic amines) is 1. The normalized spacial score (nSPS) is 17.2. The Morgan fingerprint density at radius 1 is 1.08 bits per heavy atom. The van der Waals surface area contributed by atoms with Crippen LogP contribution in [0.3, 0.4) is 0 Å². The molecule has 1 aliphatic heterocycles. The highest BCUT2D eigenvalue weighted by Crippen LogP contribution is 2.28. The maximum atomic E-state index is 13.3. The van der Waals surface area contributed by atoms with E-state index in [4.69, 9.17) is 4.74 Å². The summed E-state index contributed by atoms with van der Waals surface area (Å²) in [6, 6.07) is 12.9. The van der Waals surface area contributed by atoms with Crippen LogP contribution in [0, 0.1) is 5.82 Å². The number of piperidine rings is 1. The summed E-state index contributed by atoms with van der Waals surface area (Å²) in [6.07, 6.45) is 5.95. The van der Waals surface area contributed by atoms with Crippen LogP contribution in [0.5, 0.6) is 5.75 Å². The Balaban J connectivity index is 1.13. The number of fused-ring (bicyclic) bond motifs is 1. The summed E-state index contributed by atoms with van der Waals surface area (Å²) in [4.78, 5) is 32.2. The third-order valence-electron chi connectivity index (χ3n) is 7.00. The van der Waals surface area contributed by atoms with Crippen molar-refractivity contribution >= 4 is 16.9 Å². The van der Waals surface area contributed by atoms with Gasteiger partial charge in [0.05, 0.1) is 30.1 Å². The monoisotopic (exact) mass is 503 g/mol. The molecule has 2 aliphatic rings. The lowest BCUT2D eigenvalue weighted by Crippen LogP contribution is -2.49. The van der Waals surface area contributed by atoms with Gasteiger partial charge < -0.3 is 14.7 Å². The van der Waals surface area contributed by atoms with Crippen LogP contribution in [0.2, 0.25) is 0 Å². The van der Waals surface area contributed by atoms with Crippen LogP contribution in [0.4, 0.5) is 4.39 Å². The van der Waals surface area contributed by atoms with Gasteiger partial charge in [-0.05, 0) is 74.2 Å². The van der Waals surface area contributed by atoms with E-state index < -0.39 is 5.60 Å². The Morgan fingerprint density at radius 2 is 1.78 bits per heavy atom. The second-order valence-corrected chi connectivity index (χ2v) is 9.81. The molecule has 10 heteroatoms. The average Bonchev–Trinajstić information content (AvgIpc) is 3.61. The van der Waals surface area contributed by atoms with Gasteiger partial charge in [-0.2, -0.15) is 5.10 Å². The van der Waals surface area contributed by atoms with Crippen LogP contribution in [-0.2, 0) is 6.54 Å². The maximum absolute atomic E-state index is 13.3. The second-order valence-electron chi connectivity index (χ2n) is 9.81. The first kappa shape index (κ1) is 23.4. The average molecular weight is 504 g/mol. The zero-order valence-corrected chi connectivity index (χ0v) is 20.1. The van der Waals surface area contributed by atoms with Gasteiger partial charge in [-0.3, -0.25) is 14.2 Å². The van der Waals surface area contributed by atoms with Gasteiger partial charge in [-0.1, -0.05) is 0 Å². The highest BCUT2D eigenvalue weighted by molar-refractivity contribution is 5.94. The first-order chi connectivity index (χ1) is 17.9. The van der Waals surface area contributed by atoms with E-state index in [1.54, 1.807) is 29.2 Å². The van der Waals surface area contributed by atoms with Crippen molar-refractivity contribution in [3.8, 4) is 11.4 Å². The van der Waals surface area contributed by atoms with Crippen LogP contribution in [0.25, 0.3) is 16.7 Å². The van der Waals surface area contributed by atoms with Crippen molar-refractivity contribution in [1.82, 2.24) is 24.2 Å². The topological polar surface area (TPSA) is 102 Å². The molecule has 3 heterocycles. The summed E-state index contributed by atoms with van der Waals surface area (Å²) in [6.45, 7) is 0.816. The summed E-state index contributed by atoms with van der Waals surface area (Å²) in [5.41, 5.74) is 0.0530. The van der Waals surface area contributed by atoms with Crippen LogP contribution >= 0.6 is 0 Å². The van der Waals surface area contributed by atoms with Gasteiger partial charge in [-0.25, -0.2) is 14.1 Å². The first-order valence-electron chi connectivity index (χ1n) is 12.4. The number of rotatable bonds is 6. The van der Waals surface area contributed by atoms with Gasteiger partial charge >= 0.3 is 0 Å². The summed E-state index contributed by atoms with van der Waals surface area (Å²) in [7, 11) is 0. The molecule has 6 rings (SSSR count). The quantitative estimate of drug-likeness (QED) is 0.434. The molecule has 0 bridgehead atoms. The number of amides is 1. The number of aromatic nitrogens is 4. The SMILES string of the molecule is O=C(c1ccc(OC2CC2)cc1)N1CCC(O)(Cn2cnc3c(cnn3-c3ccc(F)cc3)c2=O)CC1. The molecule has 2 fully saturated rings. The number of halogens is 1. The zero-order chi connectivity index (χ0) is 25.6. The third-order valence-corrected chi connectivity index (χ3v) is 7.00. The van der Waals surface area contributed by atoms with E-state index in [-0.39, 0.29) is 23.8 Å². The lowest BCUT2D eigenvalue weighted by Gasteiger charge is -2.38. The summed E-state index contributed by atoms with van der Waals surface area (Å²) in [5.74, 6) is 0.313. The van der Waals surface area contributed by atoms with Gasteiger partial charge in [0.25, 0.3) is 11.5 Å². The van der Waals surface area contributed by atoms with Crippen LogP contribution in [0.1, 0.15) is 36.0 Å². The Morgan fingerprint density at radius 3 is 2.46 bits per heavy atom. The molecule has 37 heavy (non-hydrogen) atoms. The second kappa shape index (κ2) is 9.11. The molecule has 0 spiro atoms. The zero-order valence-electron chi connectivity index (χ0n) is 20.1. The minimum absolute atomic E-state index is 0.0612. The minimum Gasteiger partial charge on any atom is -0.490 e. The van der Waals surface area contributed by atoms with Crippen LogP contribution in [0.15, 0.2) is 65.8 Å². The smallest absolute Gasteiger partial charge is 0.264 e. The van der Waals surface area contributed by atoms with E-state index >= 15 is 0 Å². The molecule has 9 nitrogen and oxygen atoms in total. The molecule has 1 aliphatic carbocycles. The molecular weight excluding hydrogens is 477 g/mol. The molecule has 2 aromatic heterocycles. The lowest BCUT2D eigenvalue weighted by molar-refractivity contribution is -0.0299. The fourth-order valence-corrected chi connectivity index (χ4v) is 4.67. The summed E-state index contributed by atoms with van der Waals surface area (Å²) in [5, 5.41) is 15.8. The van der Waals surface area contributed by atoms with Crippen molar-refractivity contribution in [3.63, 3.8) is 0 Å². The molecule has 0 radical (unpaired) electrons. The van der Waals surface area contributed by atoms with Crippen molar-refractivity contribution < 1.29 is 19.0 Å². The standard InChI is InChI=1S/C27H26FN5O4/c28-19-3-5-20(6-4-19)33-24-23(15-30-33)26(35)32(17-29-24)16-27(36)11-13-31(14-12-27)25(34)18-1-7-21(8-2-18)37-22-9-10-22/h1-8,15,17,22,36H,9-14,16H2. The molecule has 1 saturated heterocycles. The molecule has 0 atom stereocenters. The Bertz CT molecular complexity index is 1500. The van der Waals surface area contributed by atoms with E-state index in [1.807, 2.05) is 12.1 Å². The molecule has 1 N–H and O–H groups in total. The summed E-state index contributed by atoms with van der Waals surface area (Å²) < 4.78 is 21.9. The predicted octanol–water partition coefficient (Wildman–Crippen LogP) is 2.93. The van der Waals surface area contributed by atoms with E-state index in [1.165, 1.54) is 33.9 Å². The Hall–Kier alpha value is -4.05. The maximum Gasteiger partial charge on any atom is 0.264 e. The molecular formula is C27H26FN5O4. The number of hydrogen-bond donors (Lipinski definition) is 1. The largest absolute Gasteiger partial charge is 0.490 e. The van der Waals surface area contributed by atoms with Crippen molar-refractivity contribution in [3.05, 3.63) is 82.8 Å². The minimum atomic E-state index is -1.15. The van der Waals surface area contributed by atoms with Crippen LogP contribution in [-0.4, -0.2) is 60.0 Å². The van der Waals surface area contributed by atoms with E-state index in [9.17, 15) is 19.1 Å². The third kappa shape index (κ3) is 4.72.